The summed E-state index contributed by atoms with van der Waals surface area (Å²) in [6.45, 7) is 0. The topological polar surface area (TPSA) is 17.3 Å². The minimum atomic E-state index is 0.802. The third-order valence-corrected chi connectivity index (χ3v) is 3.38. The molecule has 0 N–H and O–H groups in total. The number of nitrogens with zero attached hydrogens (tertiary/aromatic N) is 2. The number of aryl methyl sites for hydroxylation is 1. The molecule has 0 amide bonds. The van der Waals surface area contributed by atoms with E-state index in [1.807, 2.05) is 18.2 Å². The van der Waals surface area contributed by atoms with Crippen molar-refractivity contribution in [3.05, 3.63) is 40.3 Å². The summed E-state index contributed by atoms with van der Waals surface area (Å²) in [5.74, 6) is 0. The van der Waals surface area contributed by atoms with Crippen molar-refractivity contribution in [1.29, 1.82) is 0 Å². The van der Waals surface area contributed by atoms with Crippen molar-refractivity contribution in [2.45, 2.75) is 25.7 Å². The molecule has 2 nitrogen and oxygen atoms in total. The van der Waals surface area contributed by atoms with Crippen molar-refractivity contribution in [3.63, 3.8) is 0 Å². The summed E-state index contributed by atoms with van der Waals surface area (Å²) in [5, 5.41) is 0. The quantitative estimate of drug-likeness (QED) is 0.630. The molecule has 76 valence electrons. The van der Waals surface area contributed by atoms with E-state index in [0.29, 0.717) is 0 Å². The molecule has 0 bridgehead atoms. The van der Waals surface area contributed by atoms with Gasteiger partial charge in [-0.25, -0.2) is 4.98 Å². The Bertz CT molecular complexity index is 571. The molecule has 0 spiro atoms. The number of aromatic nitrogens is 2. The molecule has 0 aliphatic heterocycles. The molecule has 1 aliphatic carbocycles. The fourth-order valence-electron chi connectivity index (χ4n) is 2.31. The van der Waals surface area contributed by atoms with E-state index in [-0.39, 0.29) is 0 Å². The second kappa shape index (κ2) is 3.42. The van der Waals surface area contributed by atoms with E-state index in [4.69, 9.17) is 12.2 Å². The van der Waals surface area contributed by atoms with Crippen LogP contribution >= 0.6 is 12.2 Å². The van der Waals surface area contributed by atoms with Gasteiger partial charge in [-0.1, -0.05) is 18.3 Å². The summed E-state index contributed by atoms with van der Waals surface area (Å²) in [7, 11) is 0. The van der Waals surface area contributed by atoms with Crippen LogP contribution in [0.4, 0.5) is 0 Å². The maximum absolute atomic E-state index is 5.34. The molecule has 1 aliphatic rings. The average Bonchev–Trinajstić information content (AvgIpc) is 2.30. The van der Waals surface area contributed by atoms with Crippen LogP contribution in [-0.4, -0.2) is 9.38 Å². The Morgan fingerprint density at radius 1 is 1.20 bits per heavy atom. The zero-order valence-electron chi connectivity index (χ0n) is 8.44. The lowest BCUT2D eigenvalue weighted by atomic mass is 9.97. The fourth-order valence-corrected chi connectivity index (χ4v) is 2.62. The summed E-state index contributed by atoms with van der Waals surface area (Å²) < 4.78 is 2.99. The number of fused-ring (bicyclic) bond motifs is 3. The molecule has 0 aromatic carbocycles. The Labute approximate surface area is 93.6 Å². The van der Waals surface area contributed by atoms with Crippen LogP contribution in [0.5, 0.6) is 0 Å². The van der Waals surface area contributed by atoms with E-state index in [2.05, 4.69) is 15.6 Å². The molecule has 0 saturated carbocycles. The molecule has 0 unspecified atom stereocenters. The normalized spacial score (nSPS) is 15.2. The first-order valence-electron chi connectivity index (χ1n) is 5.35. The number of hydrogen-bond donors (Lipinski definition) is 0. The van der Waals surface area contributed by atoms with Crippen LogP contribution in [-0.2, 0) is 12.8 Å². The maximum Gasteiger partial charge on any atom is 0.138 e. The van der Waals surface area contributed by atoms with Gasteiger partial charge in [-0.3, -0.25) is 0 Å². The Balaban J connectivity index is 2.44. The molecule has 0 radical (unpaired) electrons. The van der Waals surface area contributed by atoms with Gasteiger partial charge in [0, 0.05) is 17.5 Å². The first kappa shape index (κ1) is 9.04. The predicted octanol–water partition coefficient (Wildman–Crippen LogP) is 2.94. The van der Waals surface area contributed by atoms with Crippen molar-refractivity contribution in [3.8, 4) is 0 Å². The van der Waals surface area contributed by atoms with Gasteiger partial charge in [0.2, 0.25) is 0 Å². The lowest BCUT2D eigenvalue weighted by Gasteiger charge is -2.18. The highest BCUT2D eigenvalue weighted by molar-refractivity contribution is 7.71. The van der Waals surface area contributed by atoms with Gasteiger partial charge in [0.05, 0.1) is 0 Å². The van der Waals surface area contributed by atoms with E-state index in [0.717, 1.165) is 23.1 Å². The van der Waals surface area contributed by atoms with E-state index < -0.39 is 0 Å². The summed E-state index contributed by atoms with van der Waals surface area (Å²) in [6, 6.07) is 6.07. The molecule has 0 atom stereocenters. The van der Waals surface area contributed by atoms with E-state index in [9.17, 15) is 0 Å². The fraction of sp³-hybridized carbons (Fsp3) is 0.333. The second-order valence-corrected chi connectivity index (χ2v) is 4.36. The number of rotatable bonds is 0. The largest absolute Gasteiger partial charge is 0.305 e. The average molecular weight is 216 g/mol. The molecule has 2 aromatic rings. The summed E-state index contributed by atoms with van der Waals surface area (Å²) >= 11 is 5.34. The van der Waals surface area contributed by atoms with Crippen LogP contribution in [0.1, 0.15) is 24.1 Å². The smallest absolute Gasteiger partial charge is 0.138 e. The van der Waals surface area contributed by atoms with Gasteiger partial charge in [0.1, 0.15) is 10.3 Å². The van der Waals surface area contributed by atoms with Crippen LogP contribution in [0.25, 0.3) is 5.65 Å². The summed E-state index contributed by atoms with van der Waals surface area (Å²) in [4.78, 5) is 4.47. The zero-order valence-corrected chi connectivity index (χ0v) is 9.26. The molecular weight excluding hydrogens is 204 g/mol. The van der Waals surface area contributed by atoms with Gasteiger partial charge >= 0.3 is 0 Å². The highest BCUT2D eigenvalue weighted by Crippen LogP contribution is 2.22. The first-order valence-corrected chi connectivity index (χ1v) is 5.76. The van der Waals surface area contributed by atoms with Crippen molar-refractivity contribution in [2.75, 3.05) is 0 Å². The standard InChI is InChI=1S/C12H12N2S/c15-12-9-5-1-2-6-10(9)14-8-4-3-7-11(14)13-12/h3-4,7-8H,1-2,5-6H2. The monoisotopic (exact) mass is 216 g/mol. The Kier molecular flexibility index (Phi) is 2.06. The third-order valence-electron chi connectivity index (χ3n) is 3.04. The van der Waals surface area contributed by atoms with E-state index >= 15 is 0 Å². The Hall–Kier alpha value is -1.22. The van der Waals surface area contributed by atoms with Crippen molar-refractivity contribution in [1.82, 2.24) is 9.38 Å². The van der Waals surface area contributed by atoms with E-state index in [1.165, 1.54) is 24.1 Å². The molecule has 3 rings (SSSR count). The Morgan fingerprint density at radius 2 is 2.07 bits per heavy atom. The predicted molar refractivity (Wildman–Crippen MR) is 62.7 cm³/mol. The summed E-state index contributed by atoms with van der Waals surface area (Å²) in [5.41, 5.74) is 3.64. The zero-order chi connectivity index (χ0) is 10.3. The van der Waals surface area contributed by atoms with Crippen LogP contribution in [0, 0.1) is 4.64 Å². The molecule has 2 heterocycles. The van der Waals surface area contributed by atoms with Crippen molar-refractivity contribution >= 4 is 17.9 Å². The van der Waals surface area contributed by atoms with Crippen molar-refractivity contribution < 1.29 is 0 Å². The third kappa shape index (κ3) is 1.38. The van der Waals surface area contributed by atoms with Crippen LogP contribution in [0.3, 0.4) is 0 Å². The summed E-state index contributed by atoms with van der Waals surface area (Å²) in [6.07, 6.45) is 6.83. The SMILES string of the molecule is S=c1nc2ccccn2c2c1CCCC2. The lowest BCUT2D eigenvalue weighted by Crippen LogP contribution is -2.11. The van der Waals surface area contributed by atoms with Gasteiger partial charge in [0.25, 0.3) is 0 Å². The van der Waals surface area contributed by atoms with Crippen molar-refractivity contribution in [2.24, 2.45) is 0 Å². The van der Waals surface area contributed by atoms with Gasteiger partial charge in [-0.05, 0) is 37.8 Å². The van der Waals surface area contributed by atoms with Crippen LogP contribution < -0.4 is 0 Å². The van der Waals surface area contributed by atoms with E-state index in [1.54, 1.807) is 0 Å². The van der Waals surface area contributed by atoms with Crippen LogP contribution in [0.15, 0.2) is 24.4 Å². The minimum Gasteiger partial charge on any atom is -0.305 e. The van der Waals surface area contributed by atoms with Gasteiger partial charge < -0.3 is 4.40 Å². The number of pyridine rings is 1. The first-order chi connectivity index (χ1) is 7.36. The van der Waals surface area contributed by atoms with Gasteiger partial charge in [-0.2, -0.15) is 0 Å². The maximum atomic E-state index is 5.34. The molecular formula is C12H12N2S. The van der Waals surface area contributed by atoms with Crippen LogP contribution in [0.2, 0.25) is 0 Å². The number of hydrogen-bond acceptors (Lipinski definition) is 2. The highest BCUT2D eigenvalue weighted by Gasteiger charge is 2.14. The van der Waals surface area contributed by atoms with Gasteiger partial charge in [-0.15, -0.1) is 0 Å². The molecule has 2 aromatic heterocycles. The lowest BCUT2D eigenvalue weighted by molar-refractivity contribution is 0.652. The minimum absolute atomic E-state index is 0.802. The second-order valence-electron chi connectivity index (χ2n) is 3.98. The molecule has 0 fully saturated rings. The molecule has 3 heteroatoms. The molecule has 0 saturated heterocycles. The molecule has 15 heavy (non-hydrogen) atoms. The van der Waals surface area contributed by atoms with Gasteiger partial charge in [0.15, 0.2) is 0 Å². The Morgan fingerprint density at radius 3 is 3.00 bits per heavy atom. The highest BCUT2D eigenvalue weighted by atomic mass is 32.1.